The summed E-state index contributed by atoms with van der Waals surface area (Å²) in [6, 6.07) is 9.71. The summed E-state index contributed by atoms with van der Waals surface area (Å²) in [4.78, 5) is 19.2. The van der Waals surface area contributed by atoms with Gasteiger partial charge in [0.1, 0.15) is 0 Å². The number of carbonyl (C=O) groups is 1. The van der Waals surface area contributed by atoms with E-state index in [1.54, 1.807) is 0 Å². The number of aromatic nitrogens is 1. The molecule has 0 fully saturated rings. The molecule has 1 amide bonds. The van der Waals surface area contributed by atoms with E-state index in [9.17, 15) is 4.79 Å². The van der Waals surface area contributed by atoms with Crippen molar-refractivity contribution in [2.75, 3.05) is 18.4 Å². The molecule has 0 atom stereocenters. The van der Waals surface area contributed by atoms with E-state index in [-0.39, 0.29) is 5.91 Å². The van der Waals surface area contributed by atoms with Crippen LogP contribution in [0.15, 0.2) is 30.3 Å². The largest absolute Gasteiger partial charge is 0.338 e. The molecule has 0 saturated heterocycles. The number of alkyl halides is 1. The number of amides is 1. The summed E-state index contributed by atoms with van der Waals surface area (Å²) in [6.07, 6.45) is 0.959. The lowest BCUT2D eigenvalue weighted by atomic mass is 10.1. The zero-order valence-corrected chi connectivity index (χ0v) is 13.5. The SMILES string of the molecule is CCCN(CCBr)C(=O)c1cc(C)nc2ccccc12. The van der Waals surface area contributed by atoms with E-state index in [2.05, 4.69) is 27.8 Å². The average molecular weight is 335 g/mol. The van der Waals surface area contributed by atoms with Crippen LogP contribution in [0, 0.1) is 6.92 Å². The lowest BCUT2D eigenvalue weighted by molar-refractivity contribution is 0.0768. The van der Waals surface area contributed by atoms with E-state index in [0.29, 0.717) is 0 Å². The van der Waals surface area contributed by atoms with Gasteiger partial charge in [0.15, 0.2) is 0 Å². The Morgan fingerprint density at radius 3 is 2.75 bits per heavy atom. The van der Waals surface area contributed by atoms with Gasteiger partial charge in [-0.15, -0.1) is 0 Å². The minimum atomic E-state index is 0.0907. The highest BCUT2D eigenvalue weighted by Crippen LogP contribution is 2.20. The third-order valence-electron chi connectivity index (χ3n) is 3.21. The quantitative estimate of drug-likeness (QED) is 0.779. The van der Waals surface area contributed by atoms with E-state index in [1.807, 2.05) is 42.2 Å². The third kappa shape index (κ3) is 3.18. The normalized spacial score (nSPS) is 10.8. The number of benzene rings is 1. The molecule has 106 valence electrons. The zero-order valence-electron chi connectivity index (χ0n) is 11.9. The number of hydrogen-bond acceptors (Lipinski definition) is 2. The van der Waals surface area contributed by atoms with Crippen LogP contribution in [0.3, 0.4) is 0 Å². The second-order valence-corrected chi connectivity index (χ2v) is 5.60. The van der Waals surface area contributed by atoms with E-state index < -0.39 is 0 Å². The third-order valence-corrected chi connectivity index (χ3v) is 3.56. The van der Waals surface area contributed by atoms with Crippen molar-refractivity contribution in [2.45, 2.75) is 20.3 Å². The standard InChI is InChI=1S/C16H19BrN2O/c1-3-9-19(10-8-17)16(20)14-11-12(2)18-15-7-5-4-6-13(14)15/h4-7,11H,3,8-10H2,1-2H3. The molecule has 0 saturated carbocycles. The lowest BCUT2D eigenvalue weighted by Crippen LogP contribution is -2.33. The monoisotopic (exact) mass is 334 g/mol. The molecule has 0 aliphatic carbocycles. The van der Waals surface area contributed by atoms with Gasteiger partial charge in [0.25, 0.3) is 5.91 Å². The first-order chi connectivity index (χ1) is 9.67. The molecule has 2 aromatic rings. The van der Waals surface area contributed by atoms with Crippen LogP contribution in [0.5, 0.6) is 0 Å². The number of para-hydroxylation sites is 1. The molecule has 2 rings (SSSR count). The van der Waals surface area contributed by atoms with Crippen molar-refractivity contribution in [2.24, 2.45) is 0 Å². The summed E-state index contributed by atoms with van der Waals surface area (Å²) in [5.41, 5.74) is 2.51. The van der Waals surface area contributed by atoms with Crippen LogP contribution in [-0.4, -0.2) is 34.2 Å². The van der Waals surface area contributed by atoms with Crippen molar-refractivity contribution in [3.8, 4) is 0 Å². The van der Waals surface area contributed by atoms with Crippen LogP contribution < -0.4 is 0 Å². The summed E-state index contributed by atoms with van der Waals surface area (Å²) in [5, 5.41) is 1.72. The number of fused-ring (bicyclic) bond motifs is 1. The maximum Gasteiger partial charge on any atom is 0.254 e. The average Bonchev–Trinajstić information content (AvgIpc) is 2.45. The molecular formula is C16H19BrN2O. The molecule has 0 unspecified atom stereocenters. The van der Waals surface area contributed by atoms with Crippen molar-refractivity contribution in [3.05, 3.63) is 41.6 Å². The van der Waals surface area contributed by atoms with Gasteiger partial charge in [-0.1, -0.05) is 41.1 Å². The summed E-state index contributed by atoms with van der Waals surface area (Å²) < 4.78 is 0. The fourth-order valence-electron chi connectivity index (χ4n) is 2.34. The zero-order chi connectivity index (χ0) is 14.5. The van der Waals surface area contributed by atoms with Crippen molar-refractivity contribution >= 4 is 32.7 Å². The number of rotatable bonds is 5. The Balaban J connectivity index is 2.47. The van der Waals surface area contributed by atoms with Crippen LogP contribution in [0.2, 0.25) is 0 Å². The summed E-state index contributed by atoms with van der Waals surface area (Å²) in [5.74, 6) is 0.0907. The first-order valence-corrected chi connectivity index (χ1v) is 8.01. The van der Waals surface area contributed by atoms with Gasteiger partial charge in [0.2, 0.25) is 0 Å². The Bertz CT molecular complexity index is 606. The van der Waals surface area contributed by atoms with E-state index in [0.717, 1.165) is 47.0 Å². The van der Waals surface area contributed by atoms with E-state index in [1.165, 1.54) is 0 Å². The molecule has 0 spiro atoms. The first-order valence-electron chi connectivity index (χ1n) is 6.89. The van der Waals surface area contributed by atoms with Crippen molar-refractivity contribution in [1.29, 1.82) is 0 Å². The maximum absolute atomic E-state index is 12.8. The summed E-state index contributed by atoms with van der Waals surface area (Å²) >= 11 is 3.42. The van der Waals surface area contributed by atoms with Gasteiger partial charge in [0.05, 0.1) is 11.1 Å². The van der Waals surface area contributed by atoms with Crippen LogP contribution >= 0.6 is 15.9 Å². The first kappa shape index (κ1) is 15.0. The van der Waals surface area contributed by atoms with Gasteiger partial charge in [-0.2, -0.15) is 0 Å². The molecular weight excluding hydrogens is 316 g/mol. The molecule has 0 aliphatic rings. The predicted molar refractivity (Wildman–Crippen MR) is 86.5 cm³/mol. The Hall–Kier alpha value is -1.42. The van der Waals surface area contributed by atoms with E-state index in [4.69, 9.17) is 0 Å². The molecule has 0 bridgehead atoms. The molecule has 4 heteroatoms. The van der Waals surface area contributed by atoms with Gasteiger partial charge in [-0.05, 0) is 25.5 Å². The van der Waals surface area contributed by atoms with Gasteiger partial charge in [-0.25, -0.2) is 0 Å². The topological polar surface area (TPSA) is 33.2 Å². The van der Waals surface area contributed by atoms with Crippen LogP contribution in [0.4, 0.5) is 0 Å². The number of aryl methyl sites for hydroxylation is 1. The summed E-state index contributed by atoms with van der Waals surface area (Å²) in [6.45, 7) is 5.52. The second-order valence-electron chi connectivity index (χ2n) is 4.81. The number of halogens is 1. The number of hydrogen-bond donors (Lipinski definition) is 0. The minimum Gasteiger partial charge on any atom is -0.338 e. The number of nitrogens with zero attached hydrogens (tertiary/aromatic N) is 2. The Kier molecular flexibility index (Phi) is 5.12. The highest BCUT2D eigenvalue weighted by molar-refractivity contribution is 9.09. The van der Waals surface area contributed by atoms with Gasteiger partial charge < -0.3 is 4.90 Å². The maximum atomic E-state index is 12.8. The highest BCUT2D eigenvalue weighted by atomic mass is 79.9. The minimum absolute atomic E-state index is 0.0907. The smallest absolute Gasteiger partial charge is 0.254 e. The molecule has 0 N–H and O–H groups in total. The molecule has 0 aliphatic heterocycles. The molecule has 1 aromatic carbocycles. The fraction of sp³-hybridized carbons (Fsp3) is 0.375. The van der Waals surface area contributed by atoms with Gasteiger partial charge >= 0.3 is 0 Å². The van der Waals surface area contributed by atoms with Crippen LogP contribution in [0.25, 0.3) is 10.9 Å². The Morgan fingerprint density at radius 2 is 2.05 bits per heavy atom. The number of pyridine rings is 1. The molecule has 1 heterocycles. The van der Waals surface area contributed by atoms with Gasteiger partial charge in [0, 0.05) is 29.5 Å². The fourth-order valence-corrected chi connectivity index (χ4v) is 2.77. The predicted octanol–water partition coefficient (Wildman–Crippen LogP) is 3.79. The van der Waals surface area contributed by atoms with Crippen molar-refractivity contribution in [1.82, 2.24) is 9.88 Å². The van der Waals surface area contributed by atoms with Crippen LogP contribution in [0.1, 0.15) is 29.4 Å². The van der Waals surface area contributed by atoms with Gasteiger partial charge in [-0.3, -0.25) is 9.78 Å². The number of carbonyl (C=O) groups excluding carboxylic acids is 1. The molecule has 0 radical (unpaired) electrons. The van der Waals surface area contributed by atoms with Crippen LogP contribution in [-0.2, 0) is 0 Å². The second kappa shape index (κ2) is 6.84. The van der Waals surface area contributed by atoms with E-state index >= 15 is 0 Å². The molecule has 20 heavy (non-hydrogen) atoms. The molecule has 3 nitrogen and oxygen atoms in total. The van der Waals surface area contributed by atoms with Crippen molar-refractivity contribution < 1.29 is 4.79 Å². The summed E-state index contributed by atoms with van der Waals surface area (Å²) in [7, 11) is 0. The Morgan fingerprint density at radius 1 is 1.30 bits per heavy atom. The highest BCUT2D eigenvalue weighted by Gasteiger charge is 2.17. The molecule has 1 aromatic heterocycles. The van der Waals surface area contributed by atoms with Crippen molar-refractivity contribution in [3.63, 3.8) is 0 Å². The Labute approximate surface area is 128 Å². The lowest BCUT2D eigenvalue weighted by Gasteiger charge is -2.22.